The van der Waals surface area contributed by atoms with Gasteiger partial charge in [-0.15, -0.1) is 0 Å². The molecule has 1 atom stereocenters. The number of carbonyl (C=O) groups is 1. The molecule has 0 saturated heterocycles. The Labute approximate surface area is 162 Å². The molecule has 2 rings (SSSR count). The summed E-state index contributed by atoms with van der Waals surface area (Å²) in [5, 5.41) is 2.97. The molecule has 2 aromatic rings. The molecule has 0 aliphatic heterocycles. The van der Waals surface area contributed by atoms with E-state index in [1.807, 2.05) is 42.5 Å². The summed E-state index contributed by atoms with van der Waals surface area (Å²) in [6, 6.07) is 16.0. The molecule has 1 unspecified atom stereocenters. The van der Waals surface area contributed by atoms with Crippen molar-refractivity contribution in [1.29, 1.82) is 0 Å². The highest BCUT2D eigenvalue weighted by molar-refractivity contribution is 5.80. The topological polar surface area (TPSA) is 47.6 Å². The van der Waals surface area contributed by atoms with Crippen LogP contribution in [-0.2, 0) is 17.6 Å². The number of hydrogen-bond acceptors (Lipinski definition) is 3. The molecular weight excluding hydrogens is 338 g/mol. The second-order valence-electron chi connectivity index (χ2n) is 6.57. The van der Waals surface area contributed by atoms with Crippen LogP contribution in [0.4, 0.5) is 0 Å². The zero-order valence-corrected chi connectivity index (χ0v) is 16.7. The number of aryl methyl sites for hydroxylation is 2. The van der Waals surface area contributed by atoms with Crippen molar-refractivity contribution in [2.45, 2.75) is 52.6 Å². The van der Waals surface area contributed by atoms with E-state index in [-0.39, 0.29) is 5.91 Å². The monoisotopic (exact) mass is 369 g/mol. The molecular formula is C23H31NO3. The Balaban J connectivity index is 1.77. The molecule has 4 nitrogen and oxygen atoms in total. The quantitative estimate of drug-likeness (QED) is 0.591. The first kappa shape index (κ1) is 20.8. The van der Waals surface area contributed by atoms with Crippen molar-refractivity contribution in [3.8, 4) is 11.5 Å². The van der Waals surface area contributed by atoms with Crippen molar-refractivity contribution in [3.63, 3.8) is 0 Å². The molecule has 0 heterocycles. The maximum Gasteiger partial charge on any atom is 0.260 e. The fourth-order valence-corrected chi connectivity index (χ4v) is 2.85. The Kier molecular flexibility index (Phi) is 8.69. The molecule has 0 aliphatic rings. The Hall–Kier alpha value is -2.49. The molecule has 0 aromatic heterocycles. The normalized spacial score (nSPS) is 11.7. The number of rotatable bonds is 11. The van der Waals surface area contributed by atoms with Crippen molar-refractivity contribution in [2.24, 2.45) is 0 Å². The summed E-state index contributed by atoms with van der Waals surface area (Å²) in [5.74, 6) is 1.64. The van der Waals surface area contributed by atoms with Crippen LogP contribution in [0.5, 0.6) is 11.5 Å². The van der Waals surface area contributed by atoms with E-state index >= 15 is 0 Å². The molecule has 0 radical (unpaired) electrons. The van der Waals surface area contributed by atoms with Crippen molar-refractivity contribution in [1.82, 2.24) is 5.32 Å². The summed E-state index contributed by atoms with van der Waals surface area (Å²) in [6.07, 6.45) is 3.08. The van der Waals surface area contributed by atoms with Gasteiger partial charge < -0.3 is 14.8 Å². The summed E-state index contributed by atoms with van der Waals surface area (Å²) in [4.78, 5) is 12.3. The van der Waals surface area contributed by atoms with Crippen LogP contribution in [0, 0.1) is 0 Å². The van der Waals surface area contributed by atoms with Crippen molar-refractivity contribution < 1.29 is 14.3 Å². The number of nitrogens with one attached hydrogen (secondary N) is 1. The SMILES string of the molecule is CCCOc1ccccc1CCCNC(=O)C(C)Oc1ccccc1CC. The van der Waals surface area contributed by atoms with Crippen LogP contribution in [0.2, 0.25) is 0 Å². The van der Waals surface area contributed by atoms with E-state index < -0.39 is 6.10 Å². The van der Waals surface area contributed by atoms with E-state index in [2.05, 4.69) is 25.2 Å². The van der Waals surface area contributed by atoms with Crippen molar-refractivity contribution in [3.05, 3.63) is 59.7 Å². The van der Waals surface area contributed by atoms with Crippen LogP contribution in [0.3, 0.4) is 0 Å². The fourth-order valence-electron chi connectivity index (χ4n) is 2.85. The summed E-state index contributed by atoms with van der Waals surface area (Å²) in [6.45, 7) is 7.30. The van der Waals surface area contributed by atoms with Gasteiger partial charge in [0.15, 0.2) is 6.10 Å². The summed E-state index contributed by atoms with van der Waals surface area (Å²) in [7, 11) is 0. The zero-order chi connectivity index (χ0) is 19.5. The Morgan fingerprint density at radius 1 is 1.00 bits per heavy atom. The maximum atomic E-state index is 12.3. The van der Waals surface area contributed by atoms with Gasteiger partial charge in [-0.1, -0.05) is 50.2 Å². The summed E-state index contributed by atoms with van der Waals surface area (Å²) in [5.41, 5.74) is 2.29. The van der Waals surface area contributed by atoms with Crippen LogP contribution < -0.4 is 14.8 Å². The molecule has 2 aromatic carbocycles. The molecule has 0 spiro atoms. The van der Waals surface area contributed by atoms with E-state index in [0.717, 1.165) is 49.4 Å². The number of amides is 1. The minimum absolute atomic E-state index is 0.0866. The Morgan fingerprint density at radius 3 is 2.37 bits per heavy atom. The van der Waals surface area contributed by atoms with Crippen LogP contribution >= 0.6 is 0 Å². The summed E-state index contributed by atoms with van der Waals surface area (Å²) >= 11 is 0. The minimum Gasteiger partial charge on any atom is -0.493 e. The van der Waals surface area contributed by atoms with E-state index in [0.29, 0.717) is 6.54 Å². The third-order valence-corrected chi connectivity index (χ3v) is 4.38. The van der Waals surface area contributed by atoms with Gasteiger partial charge in [0.1, 0.15) is 11.5 Å². The predicted octanol–water partition coefficient (Wildman–Crippen LogP) is 4.55. The average Bonchev–Trinajstić information content (AvgIpc) is 2.70. The molecule has 146 valence electrons. The third-order valence-electron chi connectivity index (χ3n) is 4.38. The van der Waals surface area contributed by atoms with E-state index in [9.17, 15) is 4.79 Å². The molecule has 27 heavy (non-hydrogen) atoms. The van der Waals surface area contributed by atoms with Crippen molar-refractivity contribution in [2.75, 3.05) is 13.2 Å². The lowest BCUT2D eigenvalue weighted by atomic mass is 10.1. The van der Waals surface area contributed by atoms with Gasteiger partial charge in [-0.05, 0) is 55.9 Å². The van der Waals surface area contributed by atoms with Gasteiger partial charge in [-0.3, -0.25) is 4.79 Å². The van der Waals surface area contributed by atoms with Gasteiger partial charge in [0.25, 0.3) is 5.91 Å². The van der Waals surface area contributed by atoms with E-state index in [1.54, 1.807) is 6.92 Å². The lowest BCUT2D eigenvalue weighted by molar-refractivity contribution is -0.127. The molecule has 1 N–H and O–H groups in total. The zero-order valence-electron chi connectivity index (χ0n) is 16.7. The molecule has 0 saturated carbocycles. The fraction of sp³-hybridized carbons (Fsp3) is 0.435. The van der Waals surface area contributed by atoms with Gasteiger partial charge in [-0.2, -0.15) is 0 Å². The molecule has 4 heteroatoms. The highest BCUT2D eigenvalue weighted by Gasteiger charge is 2.15. The van der Waals surface area contributed by atoms with E-state index in [1.165, 1.54) is 5.56 Å². The molecule has 0 bridgehead atoms. The maximum absolute atomic E-state index is 12.3. The van der Waals surface area contributed by atoms with Gasteiger partial charge >= 0.3 is 0 Å². The minimum atomic E-state index is -0.516. The molecule has 0 aliphatic carbocycles. The first-order valence-corrected chi connectivity index (χ1v) is 9.88. The van der Waals surface area contributed by atoms with Crippen LogP contribution in [0.15, 0.2) is 48.5 Å². The first-order valence-electron chi connectivity index (χ1n) is 9.88. The second-order valence-corrected chi connectivity index (χ2v) is 6.57. The Morgan fingerprint density at radius 2 is 1.67 bits per heavy atom. The highest BCUT2D eigenvalue weighted by Crippen LogP contribution is 2.20. The number of para-hydroxylation sites is 2. The second kappa shape index (κ2) is 11.3. The van der Waals surface area contributed by atoms with Crippen LogP contribution in [-0.4, -0.2) is 25.2 Å². The molecule has 0 fully saturated rings. The summed E-state index contributed by atoms with van der Waals surface area (Å²) < 4.78 is 11.6. The van der Waals surface area contributed by atoms with Gasteiger partial charge in [0, 0.05) is 6.54 Å². The van der Waals surface area contributed by atoms with Gasteiger partial charge in [0.05, 0.1) is 6.61 Å². The lowest BCUT2D eigenvalue weighted by Crippen LogP contribution is -2.37. The number of ether oxygens (including phenoxy) is 2. The highest BCUT2D eigenvalue weighted by atomic mass is 16.5. The largest absolute Gasteiger partial charge is 0.493 e. The van der Waals surface area contributed by atoms with Gasteiger partial charge in [-0.25, -0.2) is 0 Å². The van der Waals surface area contributed by atoms with Gasteiger partial charge in [0.2, 0.25) is 0 Å². The number of hydrogen-bond donors (Lipinski definition) is 1. The first-order chi connectivity index (χ1) is 13.2. The molecule has 1 amide bonds. The third kappa shape index (κ3) is 6.63. The average molecular weight is 370 g/mol. The number of carbonyl (C=O) groups excluding carboxylic acids is 1. The standard InChI is InChI=1S/C23H31NO3/c1-4-17-26-21-14-8-7-12-20(21)13-10-16-24-23(25)18(3)27-22-15-9-6-11-19(22)5-2/h6-9,11-12,14-15,18H,4-5,10,13,16-17H2,1-3H3,(H,24,25). The van der Waals surface area contributed by atoms with Crippen LogP contribution in [0.25, 0.3) is 0 Å². The smallest absolute Gasteiger partial charge is 0.260 e. The van der Waals surface area contributed by atoms with Crippen molar-refractivity contribution >= 4 is 5.91 Å². The predicted molar refractivity (Wildman–Crippen MR) is 109 cm³/mol. The van der Waals surface area contributed by atoms with Crippen LogP contribution in [0.1, 0.15) is 44.7 Å². The Bertz CT molecular complexity index is 714. The number of benzene rings is 2. The lowest BCUT2D eigenvalue weighted by Gasteiger charge is -2.17. The van der Waals surface area contributed by atoms with E-state index in [4.69, 9.17) is 9.47 Å².